The van der Waals surface area contributed by atoms with E-state index in [9.17, 15) is 19.2 Å². The number of aromatic nitrogens is 2. The molecule has 2 N–H and O–H groups in total. The summed E-state index contributed by atoms with van der Waals surface area (Å²) in [5.74, 6) is -0.285. The van der Waals surface area contributed by atoms with Gasteiger partial charge in [-0.2, -0.15) is 0 Å². The van der Waals surface area contributed by atoms with Crippen LogP contribution < -0.4 is 21.9 Å². The fourth-order valence-electron chi connectivity index (χ4n) is 2.79. The van der Waals surface area contributed by atoms with Gasteiger partial charge in [0.2, 0.25) is 11.8 Å². The van der Waals surface area contributed by atoms with E-state index in [0.717, 1.165) is 22.3 Å². The molecule has 0 saturated carbocycles. The van der Waals surface area contributed by atoms with E-state index in [4.69, 9.17) is 4.42 Å². The second-order valence-corrected chi connectivity index (χ2v) is 7.54. The van der Waals surface area contributed by atoms with E-state index in [0.29, 0.717) is 16.0 Å². The number of rotatable bonds is 8. The Hall–Kier alpha value is -3.14. The lowest BCUT2D eigenvalue weighted by atomic mass is 10.2. The Labute approximate surface area is 169 Å². The minimum Gasteiger partial charge on any atom is -0.467 e. The van der Waals surface area contributed by atoms with Crippen LogP contribution in [0.15, 0.2) is 43.8 Å². The summed E-state index contributed by atoms with van der Waals surface area (Å²) in [5, 5.41) is 7.08. The van der Waals surface area contributed by atoms with Crippen molar-refractivity contribution in [3.05, 3.63) is 56.4 Å². The molecule has 29 heavy (non-hydrogen) atoms. The summed E-state index contributed by atoms with van der Waals surface area (Å²) in [7, 11) is 0. The highest BCUT2D eigenvalue weighted by Crippen LogP contribution is 2.15. The van der Waals surface area contributed by atoms with Crippen LogP contribution in [0.1, 0.15) is 26.0 Å². The molecule has 3 heterocycles. The van der Waals surface area contributed by atoms with Crippen molar-refractivity contribution in [3.63, 3.8) is 0 Å². The van der Waals surface area contributed by atoms with Crippen LogP contribution in [0.25, 0.3) is 10.2 Å². The molecule has 0 unspecified atom stereocenters. The van der Waals surface area contributed by atoms with Gasteiger partial charge in [-0.15, -0.1) is 11.3 Å². The standard InChI is InChI=1S/C19H22N4O5S/c1-3-12(2)21-16(25)11-22-14-6-8-29-17(14)18(26)23(19(22)27)10-15(24)20-9-13-5-4-7-28-13/h4-8,12H,3,9-11H2,1-2H3,(H,20,24)(H,21,25)/t12-/m0/s1. The molecule has 0 aliphatic heterocycles. The highest BCUT2D eigenvalue weighted by Gasteiger charge is 2.18. The normalized spacial score (nSPS) is 12.1. The third-order valence-electron chi connectivity index (χ3n) is 4.50. The maximum atomic E-state index is 12.9. The fraction of sp³-hybridized carbons (Fsp3) is 0.368. The van der Waals surface area contributed by atoms with Crippen LogP contribution in [0, 0.1) is 0 Å². The van der Waals surface area contributed by atoms with Crippen LogP contribution in [0.4, 0.5) is 0 Å². The average Bonchev–Trinajstić information content (AvgIpc) is 3.38. The fourth-order valence-corrected chi connectivity index (χ4v) is 3.63. The summed E-state index contributed by atoms with van der Waals surface area (Å²) < 4.78 is 7.54. The van der Waals surface area contributed by atoms with Gasteiger partial charge in [-0.1, -0.05) is 6.92 Å². The summed E-state index contributed by atoms with van der Waals surface area (Å²) in [4.78, 5) is 50.2. The first kappa shape index (κ1) is 20.6. The number of carbonyl (C=O) groups excluding carboxylic acids is 2. The number of hydrogen-bond acceptors (Lipinski definition) is 6. The van der Waals surface area contributed by atoms with Gasteiger partial charge >= 0.3 is 5.69 Å². The number of hydrogen-bond donors (Lipinski definition) is 2. The molecule has 0 fully saturated rings. The minimum absolute atomic E-state index is 0.0329. The van der Waals surface area contributed by atoms with Crippen molar-refractivity contribution in [1.29, 1.82) is 0 Å². The SMILES string of the molecule is CC[C@H](C)NC(=O)Cn1c(=O)n(CC(=O)NCc2ccco2)c(=O)c2sccc21. The van der Waals surface area contributed by atoms with Gasteiger partial charge in [0.05, 0.1) is 18.3 Å². The first-order valence-electron chi connectivity index (χ1n) is 9.20. The molecular formula is C19H22N4O5S. The van der Waals surface area contributed by atoms with Gasteiger partial charge in [0, 0.05) is 6.04 Å². The van der Waals surface area contributed by atoms with E-state index < -0.39 is 23.7 Å². The molecule has 154 valence electrons. The number of amides is 2. The number of nitrogens with one attached hydrogen (secondary N) is 2. The highest BCUT2D eigenvalue weighted by molar-refractivity contribution is 7.17. The lowest BCUT2D eigenvalue weighted by molar-refractivity contribution is -0.122. The van der Waals surface area contributed by atoms with Crippen LogP contribution in [-0.4, -0.2) is 27.0 Å². The predicted octanol–water partition coefficient (Wildman–Crippen LogP) is 1.05. The number of thiophene rings is 1. The van der Waals surface area contributed by atoms with E-state index in [1.54, 1.807) is 23.6 Å². The maximum absolute atomic E-state index is 12.9. The average molecular weight is 418 g/mol. The van der Waals surface area contributed by atoms with Crippen molar-refractivity contribution in [3.8, 4) is 0 Å². The lowest BCUT2D eigenvalue weighted by Gasteiger charge is -2.14. The Kier molecular flexibility index (Phi) is 6.32. The Morgan fingerprint density at radius 1 is 1.17 bits per heavy atom. The topological polar surface area (TPSA) is 115 Å². The van der Waals surface area contributed by atoms with E-state index >= 15 is 0 Å². The Morgan fingerprint density at radius 3 is 2.62 bits per heavy atom. The molecule has 0 saturated heterocycles. The largest absolute Gasteiger partial charge is 0.467 e. The smallest absolute Gasteiger partial charge is 0.332 e. The van der Waals surface area contributed by atoms with Gasteiger partial charge in [0.1, 0.15) is 23.5 Å². The molecule has 3 aromatic heterocycles. The number of furan rings is 1. The van der Waals surface area contributed by atoms with Crippen molar-refractivity contribution in [2.45, 2.75) is 45.9 Å². The molecule has 0 spiro atoms. The molecule has 10 heteroatoms. The molecule has 1 atom stereocenters. The monoisotopic (exact) mass is 418 g/mol. The molecule has 0 radical (unpaired) electrons. The van der Waals surface area contributed by atoms with Crippen LogP contribution >= 0.6 is 11.3 Å². The second-order valence-electron chi connectivity index (χ2n) is 6.63. The van der Waals surface area contributed by atoms with Gasteiger partial charge in [0.25, 0.3) is 5.56 Å². The summed E-state index contributed by atoms with van der Waals surface area (Å²) >= 11 is 1.16. The van der Waals surface area contributed by atoms with Crippen molar-refractivity contribution in [1.82, 2.24) is 19.8 Å². The van der Waals surface area contributed by atoms with Crippen LogP contribution in [0.2, 0.25) is 0 Å². The third-order valence-corrected chi connectivity index (χ3v) is 5.39. The van der Waals surface area contributed by atoms with Crippen LogP contribution in [0.5, 0.6) is 0 Å². The minimum atomic E-state index is -0.701. The van der Waals surface area contributed by atoms with Gasteiger partial charge in [-0.3, -0.25) is 19.0 Å². The van der Waals surface area contributed by atoms with Crippen molar-refractivity contribution in [2.75, 3.05) is 0 Å². The number of fused-ring (bicyclic) bond motifs is 1. The molecule has 0 bridgehead atoms. The molecule has 2 amide bonds. The second kappa shape index (κ2) is 8.91. The van der Waals surface area contributed by atoms with E-state index in [1.165, 1.54) is 10.8 Å². The van der Waals surface area contributed by atoms with Gasteiger partial charge in [-0.25, -0.2) is 9.36 Å². The highest BCUT2D eigenvalue weighted by atomic mass is 32.1. The van der Waals surface area contributed by atoms with Crippen LogP contribution in [0.3, 0.4) is 0 Å². The summed E-state index contributed by atoms with van der Waals surface area (Å²) in [6.45, 7) is 3.28. The first-order valence-corrected chi connectivity index (χ1v) is 10.1. The van der Waals surface area contributed by atoms with Crippen molar-refractivity contribution in [2.24, 2.45) is 0 Å². The van der Waals surface area contributed by atoms with Crippen LogP contribution in [-0.2, 0) is 29.2 Å². The molecule has 0 aliphatic carbocycles. The Balaban J connectivity index is 1.87. The summed E-state index contributed by atoms with van der Waals surface area (Å²) in [5.41, 5.74) is -0.864. The van der Waals surface area contributed by atoms with E-state index in [1.807, 2.05) is 13.8 Å². The van der Waals surface area contributed by atoms with Crippen molar-refractivity contribution >= 4 is 33.4 Å². The Morgan fingerprint density at radius 2 is 1.93 bits per heavy atom. The number of carbonyl (C=O) groups is 2. The zero-order valence-corrected chi connectivity index (χ0v) is 17.0. The van der Waals surface area contributed by atoms with Gasteiger partial charge < -0.3 is 15.1 Å². The zero-order valence-electron chi connectivity index (χ0n) is 16.1. The summed E-state index contributed by atoms with van der Waals surface area (Å²) in [6, 6.07) is 4.99. The summed E-state index contributed by atoms with van der Waals surface area (Å²) in [6.07, 6.45) is 2.24. The molecule has 0 aliphatic rings. The van der Waals surface area contributed by atoms with Crippen molar-refractivity contribution < 1.29 is 14.0 Å². The predicted molar refractivity (Wildman–Crippen MR) is 109 cm³/mol. The molecule has 9 nitrogen and oxygen atoms in total. The zero-order chi connectivity index (χ0) is 21.0. The molecule has 3 aromatic rings. The number of nitrogens with zero attached hydrogens (tertiary/aromatic N) is 2. The van der Waals surface area contributed by atoms with Gasteiger partial charge in [-0.05, 0) is 36.9 Å². The first-order chi connectivity index (χ1) is 13.9. The third kappa shape index (κ3) is 4.65. The molecule has 3 rings (SSSR count). The molecular weight excluding hydrogens is 396 g/mol. The lowest BCUT2D eigenvalue weighted by Crippen LogP contribution is -2.45. The maximum Gasteiger partial charge on any atom is 0.332 e. The van der Waals surface area contributed by atoms with Gasteiger partial charge in [0.15, 0.2) is 0 Å². The van der Waals surface area contributed by atoms with E-state index in [-0.39, 0.29) is 25.0 Å². The Bertz CT molecular complexity index is 1130. The van der Waals surface area contributed by atoms with E-state index in [2.05, 4.69) is 10.6 Å². The quantitative estimate of drug-likeness (QED) is 0.567. The molecule has 0 aromatic carbocycles.